The van der Waals surface area contributed by atoms with Gasteiger partial charge in [0.15, 0.2) is 5.69 Å². The number of nitro groups is 2. The first-order valence-electron chi connectivity index (χ1n) is 15.1. The van der Waals surface area contributed by atoms with Crippen LogP contribution in [0.15, 0.2) is 12.1 Å². The molecule has 0 aliphatic rings. The van der Waals surface area contributed by atoms with Crippen molar-refractivity contribution < 1.29 is 9.85 Å². The van der Waals surface area contributed by atoms with Crippen LogP contribution in [-0.4, -0.2) is 9.85 Å². The van der Waals surface area contributed by atoms with Gasteiger partial charge in [0.25, 0.3) is 11.4 Å². The number of nitrogen functional groups attached to an aromatic ring is 1. The van der Waals surface area contributed by atoms with Crippen molar-refractivity contribution in [3.63, 3.8) is 0 Å². The normalized spacial score (nSPS) is 11.6. The third kappa shape index (κ3) is 15.0. The lowest BCUT2D eigenvalue weighted by molar-refractivity contribution is -0.392. The highest BCUT2D eigenvalue weighted by molar-refractivity contribution is 5.73. The number of nitrogens with two attached hydrogens (primary N) is 1. The average molecular weight is 530 g/mol. The summed E-state index contributed by atoms with van der Waals surface area (Å²) in [6.45, 7) is 4.48. The molecule has 1 rings (SSSR count). The van der Waals surface area contributed by atoms with Gasteiger partial charge in [-0.1, -0.05) is 141 Å². The lowest BCUT2D eigenvalue weighted by Crippen LogP contribution is -2.02. The number of anilines is 1. The molecular formula is C31H51N3O4. The van der Waals surface area contributed by atoms with Gasteiger partial charge in [-0.3, -0.25) is 20.2 Å². The van der Waals surface area contributed by atoms with E-state index in [0.717, 1.165) is 25.7 Å². The van der Waals surface area contributed by atoms with Crippen LogP contribution in [0.3, 0.4) is 0 Å². The molecule has 38 heavy (non-hydrogen) atoms. The van der Waals surface area contributed by atoms with Gasteiger partial charge in [-0.25, -0.2) is 0 Å². The Bertz CT molecular complexity index is 841. The van der Waals surface area contributed by atoms with Crippen LogP contribution in [0, 0.1) is 38.0 Å². The van der Waals surface area contributed by atoms with Crippen molar-refractivity contribution in [1.29, 1.82) is 0 Å². The van der Waals surface area contributed by atoms with Crippen molar-refractivity contribution >= 4 is 17.1 Å². The number of nitro benzene ring substituents is 2. The van der Waals surface area contributed by atoms with Gasteiger partial charge in [-0.15, -0.1) is 0 Å². The molecule has 1 aromatic rings. The number of benzene rings is 1. The number of hydrogen-bond acceptors (Lipinski definition) is 5. The number of rotatable bonds is 22. The van der Waals surface area contributed by atoms with E-state index < -0.39 is 26.9 Å². The first-order valence-corrected chi connectivity index (χ1v) is 15.1. The molecular weight excluding hydrogens is 478 g/mol. The van der Waals surface area contributed by atoms with Gasteiger partial charge in [0.05, 0.1) is 9.85 Å². The summed E-state index contributed by atoms with van der Waals surface area (Å²) in [5, 5.41) is 22.7. The fourth-order valence-corrected chi connectivity index (χ4v) is 4.87. The number of unbranched alkanes of at least 4 members (excludes halogenated alkanes) is 16. The highest BCUT2D eigenvalue weighted by atomic mass is 16.6. The van der Waals surface area contributed by atoms with Crippen molar-refractivity contribution in [1.82, 2.24) is 0 Å². The van der Waals surface area contributed by atoms with Crippen LogP contribution in [0.2, 0.25) is 0 Å². The van der Waals surface area contributed by atoms with E-state index in [1.165, 1.54) is 115 Å². The van der Waals surface area contributed by atoms with E-state index in [-0.39, 0.29) is 11.5 Å². The minimum absolute atomic E-state index is 0.194. The van der Waals surface area contributed by atoms with E-state index >= 15 is 0 Å². The zero-order valence-electron chi connectivity index (χ0n) is 24.0. The summed E-state index contributed by atoms with van der Waals surface area (Å²) >= 11 is 0. The van der Waals surface area contributed by atoms with Crippen LogP contribution in [0.1, 0.15) is 148 Å². The molecule has 0 saturated carbocycles. The fraction of sp³-hybridized carbons (Fsp3) is 0.742. The Morgan fingerprint density at radius 3 is 1.34 bits per heavy atom. The van der Waals surface area contributed by atoms with Crippen LogP contribution < -0.4 is 5.73 Å². The first-order chi connectivity index (χ1) is 18.4. The summed E-state index contributed by atoms with van der Waals surface area (Å²) < 4.78 is 0. The standard InChI is InChI=1S/C31H51N3O4/c1-3-5-7-9-11-13-14-16-18-20-22-27(21-19-17-15-12-10-8-6-4-2)23-24-28-25-29(33(35)36)31(32)30(26-28)34(37)38/h25-27H,3-22,32H2,1-2H3. The maximum Gasteiger partial charge on any atom is 0.300 e. The Labute approximate surface area is 230 Å². The van der Waals surface area contributed by atoms with E-state index in [9.17, 15) is 20.2 Å². The zero-order valence-corrected chi connectivity index (χ0v) is 24.0. The lowest BCUT2D eigenvalue weighted by Gasteiger charge is -2.11. The summed E-state index contributed by atoms with van der Waals surface area (Å²) in [7, 11) is 0. The minimum Gasteiger partial charge on any atom is -0.387 e. The Hall–Kier alpha value is -2.62. The van der Waals surface area contributed by atoms with Gasteiger partial charge < -0.3 is 5.73 Å². The molecule has 2 N–H and O–H groups in total. The van der Waals surface area contributed by atoms with Gasteiger partial charge in [0, 0.05) is 23.6 Å². The van der Waals surface area contributed by atoms with Crippen molar-refractivity contribution in [2.75, 3.05) is 5.73 Å². The number of hydrogen-bond donors (Lipinski definition) is 1. The molecule has 0 fully saturated rings. The van der Waals surface area contributed by atoms with E-state index in [0.29, 0.717) is 0 Å². The first kappa shape index (κ1) is 33.4. The van der Waals surface area contributed by atoms with Crippen LogP contribution in [0.5, 0.6) is 0 Å². The van der Waals surface area contributed by atoms with Gasteiger partial charge in [-0.05, 0) is 12.8 Å². The predicted octanol–water partition coefficient (Wildman–Crippen LogP) is 9.89. The SMILES string of the molecule is CCCCCCCCCCCCC(C#Cc1cc([N+](=O)[O-])c(N)c([N+](=O)[O-])c1)CCCCCCCCCC. The molecule has 1 unspecified atom stereocenters. The van der Waals surface area contributed by atoms with Gasteiger partial charge in [0.2, 0.25) is 0 Å². The third-order valence-electron chi connectivity index (χ3n) is 7.26. The molecule has 7 nitrogen and oxygen atoms in total. The average Bonchev–Trinajstić information content (AvgIpc) is 2.89. The predicted molar refractivity (Wildman–Crippen MR) is 158 cm³/mol. The molecule has 0 saturated heterocycles. The van der Waals surface area contributed by atoms with Crippen LogP contribution >= 0.6 is 0 Å². The van der Waals surface area contributed by atoms with Crippen LogP contribution in [-0.2, 0) is 0 Å². The fourth-order valence-electron chi connectivity index (χ4n) is 4.87. The molecule has 0 radical (unpaired) electrons. The smallest absolute Gasteiger partial charge is 0.300 e. The minimum atomic E-state index is -0.685. The Morgan fingerprint density at radius 2 is 1.00 bits per heavy atom. The summed E-state index contributed by atoms with van der Waals surface area (Å²) in [6.07, 6.45) is 24.9. The maximum atomic E-state index is 11.3. The van der Waals surface area contributed by atoms with Crippen LogP contribution in [0.4, 0.5) is 17.1 Å². The Morgan fingerprint density at radius 1 is 0.658 bits per heavy atom. The molecule has 0 bridgehead atoms. The van der Waals surface area contributed by atoms with Gasteiger partial charge in [-0.2, -0.15) is 0 Å². The van der Waals surface area contributed by atoms with Crippen molar-refractivity contribution in [3.05, 3.63) is 37.9 Å². The topological polar surface area (TPSA) is 112 Å². The monoisotopic (exact) mass is 529 g/mol. The summed E-state index contributed by atoms with van der Waals surface area (Å²) in [6, 6.07) is 2.51. The van der Waals surface area contributed by atoms with E-state index in [1.54, 1.807) is 0 Å². The largest absolute Gasteiger partial charge is 0.387 e. The molecule has 1 atom stereocenters. The zero-order chi connectivity index (χ0) is 28.0. The second kappa shape index (κ2) is 21.3. The molecule has 0 spiro atoms. The second-order valence-corrected chi connectivity index (χ2v) is 10.6. The van der Waals surface area contributed by atoms with Crippen molar-refractivity contribution in [2.45, 2.75) is 142 Å². The number of nitrogens with zero attached hydrogens (tertiary/aromatic N) is 2. The summed E-state index contributed by atoms with van der Waals surface area (Å²) in [4.78, 5) is 21.3. The lowest BCUT2D eigenvalue weighted by atomic mass is 9.94. The Kier molecular flexibility index (Phi) is 18.8. The summed E-state index contributed by atoms with van der Waals surface area (Å²) in [5.74, 6) is 6.50. The maximum absolute atomic E-state index is 11.3. The molecule has 0 aliphatic carbocycles. The summed E-state index contributed by atoms with van der Waals surface area (Å²) in [5.41, 5.74) is 4.59. The van der Waals surface area contributed by atoms with Gasteiger partial charge >= 0.3 is 0 Å². The second-order valence-electron chi connectivity index (χ2n) is 10.6. The molecule has 0 aromatic heterocycles. The van der Waals surface area contributed by atoms with E-state index in [1.807, 2.05) is 0 Å². The van der Waals surface area contributed by atoms with Crippen molar-refractivity contribution in [3.8, 4) is 11.8 Å². The van der Waals surface area contributed by atoms with Crippen LogP contribution in [0.25, 0.3) is 0 Å². The molecule has 0 heterocycles. The molecule has 214 valence electrons. The van der Waals surface area contributed by atoms with Gasteiger partial charge in [0.1, 0.15) is 0 Å². The third-order valence-corrected chi connectivity index (χ3v) is 7.26. The molecule has 7 heteroatoms. The van der Waals surface area contributed by atoms with E-state index in [2.05, 4.69) is 25.7 Å². The van der Waals surface area contributed by atoms with Crippen molar-refractivity contribution in [2.24, 2.45) is 5.92 Å². The highest BCUT2D eigenvalue weighted by Gasteiger charge is 2.23. The molecule has 0 amide bonds. The molecule has 1 aromatic carbocycles. The van der Waals surface area contributed by atoms with E-state index in [4.69, 9.17) is 5.73 Å². The highest BCUT2D eigenvalue weighted by Crippen LogP contribution is 2.32. The quantitative estimate of drug-likeness (QED) is 0.0528. The Balaban J connectivity index is 2.67. The molecule has 0 aliphatic heterocycles.